The molecular weight excluding hydrogens is 176 g/mol. The lowest BCUT2D eigenvalue weighted by molar-refractivity contribution is -0.121. The fraction of sp³-hybridized carbons (Fsp3) is 0.909. The topological polar surface area (TPSA) is 41.1 Å². The monoisotopic (exact) mass is 198 g/mol. The highest BCUT2D eigenvalue weighted by atomic mass is 16.1. The molecule has 0 radical (unpaired) electrons. The van der Waals surface area contributed by atoms with Gasteiger partial charge >= 0.3 is 0 Å². The van der Waals surface area contributed by atoms with Crippen LogP contribution in [-0.4, -0.2) is 25.5 Å². The lowest BCUT2D eigenvalue weighted by Gasteiger charge is -2.08. The summed E-state index contributed by atoms with van der Waals surface area (Å²) >= 11 is 0. The third-order valence-corrected chi connectivity index (χ3v) is 2.79. The van der Waals surface area contributed by atoms with Crippen molar-refractivity contribution in [3.63, 3.8) is 0 Å². The number of nitrogens with one attached hydrogen (secondary N) is 2. The molecule has 0 aromatic rings. The van der Waals surface area contributed by atoms with Crippen LogP contribution in [0.3, 0.4) is 0 Å². The molecule has 1 aliphatic rings. The molecule has 0 saturated carbocycles. The van der Waals surface area contributed by atoms with Gasteiger partial charge in [-0.05, 0) is 38.3 Å². The van der Waals surface area contributed by atoms with Crippen molar-refractivity contribution in [2.45, 2.75) is 39.0 Å². The molecule has 2 N–H and O–H groups in total. The van der Waals surface area contributed by atoms with Crippen molar-refractivity contribution in [2.75, 3.05) is 19.6 Å². The van der Waals surface area contributed by atoms with Gasteiger partial charge in [-0.15, -0.1) is 0 Å². The molecule has 1 amide bonds. The van der Waals surface area contributed by atoms with E-state index in [0.29, 0.717) is 6.42 Å². The molecule has 82 valence electrons. The minimum absolute atomic E-state index is 0.227. The van der Waals surface area contributed by atoms with Crippen LogP contribution < -0.4 is 10.6 Å². The van der Waals surface area contributed by atoms with E-state index in [9.17, 15) is 4.79 Å². The predicted molar refractivity (Wildman–Crippen MR) is 58.1 cm³/mol. The average Bonchev–Trinajstić information content (AvgIpc) is 2.68. The average molecular weight is 198 g/mol. The Bertz CT molecular complexity index is 165. The maximum atomic E-state index is 11.3. The van der Waals surface area contributed by atoms with E-state index in [1.165, 1.54) is 6.42 Å². The maximum Gasteiger partial charge on any atom is 0.220 e. The number of carbonyl (C=O) groups excluding carboxylic acids is 1. The largest absolute Gasteiger partial charge is 0.356 e. The predicted octanol–water partition coefficient (Wildman–Crippen LogP) is 1.29. The highest BCUT2D eigenvalue weighted by Gasteiger charge is 2.15. The highest BCUT2D eigenvalue weighted by Crippen LogP contribution is 2.13. The van der Waals surface area contributed by atoms with Crippen molar-refractivity contribution in [2.24, 2.45) is 5.92 Å². The van der Waals surface area contributed by atoms with Gasteiger partial charge < -0.3 is 10.6 Å². The van der Waals surface area contributed by atoms with Gasteiger partial charge in [0.1, 0.15) is 0 Å². The van der Waals surface area contributed by atoms with Crippen molar-refractivity contribution in [1.82, 2.24) is 10.6 Å². The van der Waals surface area contributed by atoms with Crippen LogP contribution in [0.15, 0.2) is 0 Å². The summed E-state index contributed by atoms with van der Waals surface area (Å²) in [7, 11) is 0. The van der Waals surface area contributed by atoms with Gasteiger partial charge in [0, 0.05) is 13.0 Å². The van der Waals surface area contributed by atoms with E-state index in [1.54, 1.807) is 0 Å². The highest BCUT2D eigenvalue weighted by molar-refractivity contribution is 5.75. The van der Waals surface area contributed by atoms with Crippen molar-refractivity contribution >= 4 is 5.91 Å². The standard InChI is InChI=1S/C11H22N2O/c1-2-3-7-13-11(14)5-4-10-6-8-12-9-10/h10,12H,2-9H2,1H3,(H,13,14). The molecule has 1 heterocycles. The van der Waals surface area contributed by atoms with E-state index in [2.05, 4.69) is 17.6 Å². The van der Waals surface area contributed by atoms with Crippen LogP contribution >= 0.6 is 0 Å². The molecule has 14 heavy (non-hydrogen) atoms. The number of rotatable bonds is 6. The molecule has 3 heteroatoms. The molecule has 0 aromatic carbocycles. The van der Waals surface area contributed by atoms with Crippen LogP contribution in [0.4, 0.5) is 0 Å². The molecule has 1 atom stereocenters. The lowest BCUT2D eigenvalue weighted by atomic mass is 10.0. The Labute approximate surface area is 86.6 Å². The molecular formula is C11H22N2O. The summed E-state index contributed by atoms with van der Waals surface area (Å²) < 4.78 is 0. The Morgan fingerprint density at radius 2 is 2.43 bits per heavy atom. The molecule has 1 unspecified atom stereocenters. The molecule has 1 saturated heterocycles. The smallest absolute Gasteiger partial charge is 0.220 e. The van der Waals surface area contributed by atoms with Gasteiger partial charge in [-0.2, -0.15) is 0 Å². The summed E-state index contributed by atoms with van der Waals surface area (Å²) in [6.45, 7) is 5.21. The second-order valence-corrected chi connectivity index (χ2v) is 4.10. The molecule has 1 rings (SSSR count). The number of hydrogen-bond donors (Lipinski definition) is 2. The van der Waals surface area contributed by atoms with Crippen LogP contribution in [0.5, 0.6) is 0 Å². The van der Waals surface area contributed by atoms with Crippen LogP contribution in [0, 0.1) is 5.92 Å². The summed E-state index contributed by atoms with van der Waals surface area (Å²) in [5.41, 5.74) is 0. The second kappa shape index (κ2) is 6.82. The van der Waals surface area contributed by atoms with E-state index in [4.69, 9.17) is 0 Å². The van der Waals surface area contributed by atoms with Crippen molar-refractivity contribution in [1.29, 1.82) is 0 Å². The van der Waals surface area contributed by atoms with Gasteiger partial charge in [-0.3, -0.25) is 4.79 Å². The Balaban J connectivity index is 1.96. The summed E-state index contributed by atoms with van der Waals surface area (Å²) in [6, 6.07) is 0. The summed E-state index contributed by atoms with van der Waals surface area (Å²) in [5, 5.41) is 6.26. The quantitative estimate of drug-likeness (QED) is 0.631. The molecule has 0 aliphatic carbocycles. The van der Waals surface area contributed by atoms with Gasteiger partial charge in [-0.1, -0.05) is 13.3 Å². The fourth-order valence-corrected chi connectivity index (χ4v) is 1.79. The molecule has 0 bridgehead atoms. The first kappa shape index (κ1) is 11.5. The van der Waals surface area contributed by atoms with Crippen molar-refractivity contribution < 1.29 is 4.79 Å². The molecule has 1 fully saturated rings. The van der Waals surface area contributed by atoms with Crippen LogP contribution in [0.2, 0.25) is 0 Å². The number of hydrogen-bond acceptors (Lipinski definition) is 2. The first-order valence-corrected chi connectivity index (χ1v) is 5.80. The minimum Gasteiger partial charge on any atom is -0.356 e. The van der Waals surface area contributed by atoms with Gasteiger partial charge in [0.05, 0.1) is 0 Å². The molecule has 0 spiro atoms. The second-order valence-electron chi connectivity index (χ2n) is 4.10. The van der Waals surface area contributed by atoms with Crippen LogP contribution in [0.25, 0.3) is 0 Å². The number of unbranched alkanes of at least 4 members (excludes halogenated alkanes) is 1. The SMILES string of the molecule is CCCCNC(=O)CCC1CCNC1. The van der Waals surface area contributed by atoms with Gasteiger partial charge in [-0.25, -0.2) is 0 Å². The van der Waals surface area contributed by atoms with Crippen molar-refractivity contribution in [3.05, 3.63) is 0 Å². The summed E-state index contributed by atoms with van der Waals surface area (Å²) in [5.74, 6) is 0.956. The summed E-state index contributed by atoms with van der Waals surface area (Å²) in [4.78, 5) is 11.3. The van der Waals surface area contributed by atoms with E-state index < -0.39 is 0 Å². The van der Waals surface area contributed by atoms with E-state index in [0.717, 1.165) is 44.8 Å². The van der Waals surface area contributed by atoms with Crippen molar-refractivity contribution in [3.8, 4) is 0 Å². The number of carbonyl (C=O) groups is 1. The maximum absolute atomic E-state index is 11.3. The molecule has 1 aliphatic heterocycles. The Morgan fingerprint density at radius 1 is 1.57 bits per heavy atom. The first-order valence-electron chi connectivity index (χ1n) is 5.80. The van der Waals surface area contributed by atoms with E-state index in [-0.39, 0.29) is 5.91 Å². The Kier molecular flexibility index (Phi) is 5.60. The summed E-state index contributed by atoms with van der Waals surface area (Å²) in [6.07, 6.45) is 5.23. The lowest BCUT2D eigenvalue weighted by Crippen LogP contribution is -2.24. The minimum atomic E-state index is 0.227. The van der Waals surface area contributed by atoms with E-state index >= 15 is 0 Å². The zero-order valence-corrected chi connectivity index (χ0v) is 9.14. The zero-order valence-electron chi connectivity index (χ0n) is 9.14. The van der Waals surface area contributed by atoms with Crippen LogP contribution in [0.1, 0.15) is 39.0 Å². The van der Waals surface area contributed by atoms with Gasteiger partial charge in [0.2, 0.25) is 5.91 Å². The van der Waals surface area contributed by atoms with E-state index in [1.807, 2.05) is 0 Å². The van der Waals surface area contributed by atoms with Gasteiger partial charge in [0.15, 0.2) is 0 Å². The normalized spacial score (nSPS) is 21.1. The fourth-order valence-electron chi connectivity index (χ4n) is 1.79. The third-order valence-electron chi connectivity index (χ3n) is 2.79. The molecule has 0 aromatic heterocycles. The molecule has 3 nitrogen and oxygen atoms in total. The Hall–Kier alpha value is -0.570. The number of amides is 1. The zero-order chi connectivity index (χ0) is 10.2. The Morgan fingerprint density at radius 3 is 3.07 bits per heavy atom. The third kappa shape index (κ3) is 4.61. The first-order chi connectivity index (χ1) is 6.83. The van der Waals surface area contributed by atoms with Crippen LogP contribution in [-0.2, 0) is 4.79 Å². The van der Waals surface area contributed by atoms with Gasteiger partial charge in [0.25, 0.3) is 0 Å².